The van der Waals surface area contributed by atoms with Crippen LogP contribution in [0, 0.1) is 18.3 Å². The number of piperidine rings is 1. The fourth-order valence-electron chi connectivity index (χ4n) is 3.93. The summed E-state index contributed by atoms with van der Waals surface area (Å²) in [5.74, 6) is 0.123. The average Bonchev–Trinajstić information content (AvgIpc) is 3.21. The number of alkyl halides is 2. The summed E-state index contributed by atoms with van der Waals surface area (Å²) in [6.45, 7) is 2.70. The third-order valence-electron chi connectivity index (χ3n) is 5.66. The predicted molar refractivity (Wildman–Crippen MR) is 127 cm³/mol. The highest BCUT2D eigenvalue weighted by Crippen LogP contribution is 2.24. The first-order valence-electron chi connectivity index (χ1n) is 11.2. The Morgan fingerprint density at radius 2 is 2.11 bits per heavy atom. The number of rotatable bonds is 8. The molecule has 1 aliphatic rings. The van der Waals surface area contributed by atoms with Gasteiger partial charge in [0.05, 0.1) is 41.3 Å². The van der Waals surface area contributed by atoms with E-state index in [4.69, 9.17) is 10.00 Å². The molecule has 0 unspecified atom stereocenters. The van der Waals surface area contributed by atoms with Gasteiger partial charge in [-0.1, -0.05) is 0 Å². The van der Waals surface area contributed by atoms with Crippen molar-refractivity contribution in [1.29, 1.82) is 5.26 Å². The van der Waals surface area contributed by atoms with E-state index in [1.807, 2.05) is 0 Å². The number of hydrogen-bond donors (Lipinski definition) is 1. The first-order chi connectivity index (χ1) is 16.9. The molecule has 1 fully saturated rings. The molecule has 8 nitrogen and oxygen atoms in total. The molecule has 0 bridgehead atoms. The highest BCUT2D eigenvalue weighted by molar-refractivity contribution is 7.06. The van der Waals surface area contributed by atoms with Crippen LogP contribution in [0.4, 0.5) is 14.5 Å². The number of aryl methyl sites for hydroxylation is 1. The van der Waals surface area contributed by atoms with Gasteiger partial charge in [0.2, 0.25) is 5.88 Å². The average molecular weight is 499 g/mol. The summed E-state index contributed by atoms with van der Waals surface area (Å²) in [7, 11) is 0. The number of nitriles is 1. The first kappa shape index (κ1) is 24.6. The fraction of sp³-hybridized carbons (Fsp3) is 0.375. The maximum atomic E-state index is 13.0. The van der Waals surface area contributed by atoms with E-state index in [1.165, 1.54) is 17.7 Å². The standard InChI is InChI=1S/C24H24F2N6O2S/c1-15-23(20(35-31-15)11-18-10-16(12-27)4-7-28-18)24(33)30-17-2-3-22(29-13-17)34-19-5-8-32(9-6-19)14-21(25)26/h2-4,7,10,13,19,21H,5-6,8-9,11,14H2,1H3,(H,30,33). The minimum atomic E-state index is -2.33. The van der Waals surface area contributed by atoms with Gasteiger partial charge in [0.15, 0.2) is 0 Å². The number of pyridine rings is 2. The number of halogens is 2. The summed E-state index contributed by atoms with van der Waals surface area (Å²) in [6.07, 6.45) is 2.40. The van der Waals surface area contributed by atoms with Crippen LogP contribution >= 0.6 is 11.5 Å². The number of ether oxygens (including phenoxy) is 1. The van der Waals surface area contributed by atoms with Gasteiger partial charge in [-0.25, -0.2) is 13.8 Å². The van der Waals surface area contributed by atoms with Crippen LogP contribution in [0.5, 0.6) is 5.88 Å². The lowest BCUT2D eigenvalue weighted by molar-refractivity contribution is 0.0465. The molecule has 0 radical (unpaired) electrons. The van der Waals surface area contributed by atoms with Crippen LogP contribution < -0.4 is 10.1 Å². The van der Waals surface area contributed by atoms with Crippen LogP contribution in [0.1, 0.15) is 45.0 Å². The molecule has 1 saturated heterocycles. The van der Waals surface area contributed by atoms with Gasteiger partial charge in [-0.15, -0.1) is 0 Å². The van der Waals surface area contributed by atoms with Gasteiger partial charge in [-0.2, -0.15) is 9.64 Å². The van der Waals surface area contributed by atoms with E-state index in [-0.39, 0.29) is 18.6 Å². The zero-order valence-electron chi connectivity index (χ0n) is 19.1. The number of anilines is 1. The monoisotopic (exact) mass is 498 g/mol. The van der Waals surface area contributed by atoms with Gasteiger partial charge in [0, 0.05) is 42.3 Å². The van der Waals surface area contributed by atoms with Crippen molar-refractivity contribution in [3.05, 3.63) is 64.1 Å². The summed E-state index contributed by atoms with van der Waals surface area (Å²) >= 11 is 1.23. The molecule has 1 aliphatic heterocycles. The Balaban J connectivity index is 1.35. The van der Waals surface area contributed by atoms with Crippen molar-refractivity contribution < 1.29 is 18.3 Å². The van der Waals surface area contributed by atoms with Crippen LogP contribution in [-0.4, -0.2) is 57.3 Å². The summed E-state index contributed by atoms with van der Waals surface area (Å²) < 4.78 is 35.3. The van der Waals surface area contributed by atoms with Gasteiger partial charge < -0.3 is 10.1 Å². The Kier molecular flexibility index (Phi) is 7.94. The molecule has 4 heterocycles. The van der Waals surface area contributed by atoms with Gasteiger partial charge in [-0.3, -0.25) is 14.7 Å². The van der Waals surface area contributed by atoms with Crippen molar-refractivity contribution in [3.63, 3.8) is 0 Å². The number of carbonyl (C=O) groups excluding carboxylic acids is 1. The Bertz CT molecular complexity index is 1200. The SMILES string of the molecule is Cc1nsc(Cc2cc(C#N)ccn2)c1C(=O)Nc1ccc(OC2CCN(CC(F)F)CC2)nc1. The number of hydrogen-bond acceptors (Lipinski definition) is 8. The van der Waals surface area contributed by atoms with Crippen molar-refractivity contribution in [2.24, 2.45) is 0 Å². The lowest BCUT2D eigenvalue weighted by Crippen LogP contribution is -2.40. The largest absolute Gasteiger partial charge is 0.474 e. The van der Waals surface area contributed by atoms with Crippen molar-refractivity contribution in [2.45, 2.75) is 38.7 Å². The second-order valence-corrected chi connectivity index (χ2v) is 9.10. The first-order valence-corrected chi connectivity index (χ1v) is 11.9. The lowest BCUT2D eigenvalue weighted by atomic mass is 10.1. The zero-order valence-corrected chi connectivity index (χ0v) is 19.9. The molecule has 0 aliphatic carbocycles. The Morgan fingerprint density at radius 1 is 1.31 bits per heavy atom. The Morgan fingerprint density at radius 3 is 2.80 bits per heavy atom. The summed E-state index contributed by atoms with van der Waals surface area (Å²) in [5, 5.41) is 11.9. The van der Waals surface area contributed by atoms with E-state index < -0.39 is 6.43 Å². The van der Waals surface area contributed by atoms with E-state index in [2.05, 4.69) is 25.7 Å². The molecule has 4 rings (SSSR count). The highest BCUT2D eigenvalue weighted by Gasteiger charge is 2.23. The summed E-state index contributed by atoms with van der Waals surface area (Å²) in [4.78, 5) is 24.1. The van der Waals surface area contributed by atoms with Crippen molar-refractivity contribution in [1.82, 2.24) is 19.2 Å². The maximum absolute atomic E-state index is 13.0. The third-order valence-corrected chi connectivity index (χ3v) is 6.59. The van der Waals surface area contributed by atoms with Crippen molar-refractivity contribution in [3.8, 4) is 11.9 Å². The molecule has 0 aromatic carbocycles. The highest BCUT2D eigenvalue weighted by atomic mass is 32.1. The van der Waals surface area contributed by atoms with Crippen molar-refractivity contribution >= 4 is 23.1 Å². The van der Waals surface area contributed by atoms with E-state index in [0.29, 0.717) is 66.4 Å². The van der Waals surface area contributed by atoms with Gasteiger partial charge in [0.1, 0.15) is 6.10 Å². The van der Waals surface area contributed by atoms with E-state index in [9.17, 15) is 13.6 Å². The Labute approximate surface area is 205 Å². The molecular formula is C24H24F2N6O2S. The summed E-state index contributed by atoms with van der Waals surface area (Å²) in [5.41, 5.74) is 2.80. The molecule has 0 saturated carbocycles. The molecule has 35 heavy (non-hydrogen) atoms. The van der Waals surface area contributed by atoms with Crippen LogP contribution in [0.3, 0.4) is 0 Å². The molecule has 3 aromatic heterocycles. The van der Waals surface area contributed by atoms with E-state index >= 15 is 0 Å². The predicted octanol–water partition coefficient (Wildman–Crippen LogP) is 4.06. The molecule has 0 atom stereocenters. The zero-order chi connectivity index (χ0) is 24.8. The van der Waals surface area contributed by atoms with Gasteiger partial charge >= 0.3 is 0 Å². The third kappa shape index (κ3) is 6.55. The molecule has 1 N–H and O–H groups in total. The number of carbonyl (C=O) groups is 1. The normalized spacial score (nSPS) is 14.6. The number of aromatic nitrogens is 3. The molecule has 1 amide bonds. The smallest absolute Gasteiger partial charge is 0.258 e. The second kappa shape index (κ2) is 11.3. The fourth-order valence-corrected chi connectivity index (χ4v) is 4.81. The number of nitrogens with one attached hydrogen (secondary N) is 1. The minimum absolute atomic E-state index is 0.0768. The van der Waals surface area contributed by atoms with Crippen molar-refractivity contribution in [2.75, 3.05) is 25.0 Å². The molecule has 3 aromatic rings. The molecular weight excluding hydrogens is 474 g/mol. The van der Waals surface area contributed by atoms with E-state index in [0.717, 1.165) is 4.88 Å². The second-order valence-electron chi connectivity index (χ2n) is 8.24. The van der Waals surface area contributed by atoms with Crippen LogP contribution in [-0.2, 0) is 6.42 Å². The maximum Gasteiger partial charge on any atom is 0.258 e. The lowest BCUT2D eigenvalue weighted by Gasteiger charge is -2.31. The molecule has 0 spiro atoms. The summed E-state index contributed by atoms with van der Waals surface area (Å²) in [6, 6.07) is 8.80. The van der Waals surface area contributed by atoms with Crippen LogP contribution in [0.15, 0.2) is 36.7 Å². The number of likely N-dealkylation sites (tertiary alicyclic amines) is 1. The number of amides is 1. The van der Waals surface area contributed by atoms with Gasteiger partial charge in [0.25, 0.3) is 12.3 Å². The van der Waals surface area contributed by atoms with Gasteiger partial charge in [-0.05, 0) is 49.5 Å². The Hall–Kier alpha value is -3.49. The quantitative estimate of drug-likeness (QED) is 0.499. The molecule has 11 heteroatoms. The van der Waals surface area contributed by atoms with E-state index in [1.54, 1.807) is 42.3 Å². The van der Waals surface area contributed by atoms with Crippen LogP contribution in [0.2, 0.25) is 0 Å². The number of nitrogens with zero attached hydrogens (tertiary/aromatic N) is 5. The minimum Gasteiger partial charge on any atom is -0.474 e. The topological polar surface area (TPSA) is 104 Å². The van der Waals surface area contributed by atoms with Crippen LogP contribution in [0.25, 0.3) is 0 Å². The molecule has 182 valence electrons.